The number of aromatic nitrogens is 2. The monoisotopic (exact) mass is 432 g/mol. The summed E-state index contributed by atoms with van der Waals surface area (Å²) >= 11 is 0. The predicted octanol–water partition coefficient (Wildman–Crippen LogP) is 3.63. The lowest BCUT2D eigenvalue weighted by atomic mass is 10.1. The number of ether oxygens (including phenoxy) is 1. The van der Waals surface area contributed by atoms with Crippen molar-refractivity contribution in [1.29, 1.82) is 0 Å². The molecule has 2 aromatic rings. The zero-order valence-electron chi connectivity index (χ0n) is 16.9. The van der Waals surface area contributed by atoms with Crippen molar-refractivity contribution in [2.45, 2.75) is 49.9 Å². The summed E-state index contributed by atoms with van der Waals surface area (Å²) in [6, 6.07) is 4.56. The van der Waals surface area contributed by atoms with Gasteiger partial charge in [-0.1, -0.05) is 6.07 Å². The van der Waals surface area contributed by atoms with Gasteiger partial charge in [0.2, 0.25) is 11.8 Å². The molecule has 0 spiro atoms. The number of carbonyl (C=O) groups excluding carboxylic acids is 1. The van der Waals surface area contributed by atoms with E-state index < -0.39 is 17.8 Å². The molecule has 1 aliphatic carbocycles. The van der Waals surface area contributed by atoms with Crippen molar-refractivity contribution < 1.29 is 22.7 Å². The Morgan fingerprint density at radius 3 is 2.65 bits per heavy atom. The molecule has 3 aliphatic rings. The first kappa shape index (κ1) is 20.2. The van der Waals surface area contributed by atoms with Crippen molar-refractivity contribution >= 4 is 11.6 Å². The van der Waals surface area contributed by atoms with E-state index in [-0.39, 0.29) is 17.7 Å². The van der Waals surface area contributed by atoms with Crippen LogP contribution >= 0.6 is 0 Å². The van der Waals surface area contributed by atoms with Crippen LogP contribution in [0.1, 0.15) is 42.9 Å². The minimum absolute atomic E-state index is 0.182. The van der Waals surface area contributed by atoms with Crippen molar-refractivity contribution in [3.8, 4) is 5.88 Å². The van der Waals surface area contributed by atoms with Gasteiger partial charge in [-0.2, -0.15) is 13.2 Å². The number of nitrogens with zero attached hydrogens (tertiary/aromatic N) is 4. The first-order chi connectivity index (χ1) is 14.9. The highest BCUT2D eigenvalue weighted by Crippen LogP contribution is 2.39. The van der Waals surface area contributed by atoms with Gasteiger partial charge in [0, 0.05) is 37.7 Å². The summed E-state index contributed by atoms with van der Waals surface area (Å²) in [6.45, 7) is 1.67. The summed E-state index contributed by atoms with van der Waals surface area (Å²) < 4.78 is 45.3. The Hall–Kier alpha value is -2.68. The van der Waals surface area contributed by atoms with Gasteiger partial charge >= 0.3 is 6.18 Å². The molecule has 9 heteroatoms. The molecule has 0 unspecified atom stereocenters. The second-order valence-corrected chi connectivity index (χ2v) is 8.43. The first-order valence-electron chi connectivity index (χ1n) is 10.6. The summed E-state index contributed by atoms with van der Waals surface area (Å²) in [5, 5.41) is 0. The van der Waals surface area contributed by atoms with E-state index in [4.69, 9.17) is 4.74 Å². The Balaban J connectivity index is 1.29. The second-order valence-electron chi connectivity index (χ2n) is 8.43. The van der Waals surface area contributed by atoms with E-state index in [0.717, 1.165) is 30.7 Å². The van der Waals surface area contributed by atoms with Gasteiger partial charge in [0.25, 0.3) is 0 Å². The number of alkyl halides is 3. The van der Waals surface area contributed by atoms with Crippen molar-refractivity contribution in [1.82, 2.24) is 14.9 Å². The fourth-order valence-corrected chi connectivity index (χ4v) is 4.43. The minimum Gasteiger partial charge on any atom is -0.472 e. The van der Waals surface area contributed by atoms with Crippen LogP contribution in [0.25, 0.3) is 0 Å². The average molecular weight is 432 g/mol. The maximum atomic E-state index is 13.2. The predicted molar refractivity (Wildman–Crippen MR) is 107 cm³/mol. The van der Waals surface area contributed by atoms with Gasteiger partial charge < -0.3 is 9.64 Å². The smallest absolute Gasteiger partial charge is 0.416 e. The van der Waals surface area contributed by atoms with Crippen LogP contribution in [-0.4, -0.2) is 52.6 Å². The van der Waals surface area contributed by atoms with Gasteiger partial charge in [-0.15, -0.1) is 0 Å². The molecular weight excluding hydrogens is 409 g/mol. The molecule has 2 aliphatic heterocycles. The van der Waals surface area contributed by atoms with E-state index >= 15 is 0 Å². The maximum Gasteiger partial charge on any atom is 0.416 e. The lowest BCUT2D eigenvalue weighted by molar-refractivity contribution is -0.137. The van der Waals surface area contributed by atoms with Gasteiger partial charge in [-0.05, 0) is 37.5 Å². The number of anilines is 1. The van der Waals surface area contributed by atoms with E-state index in [2.05, 4.69) is 14.9 Å². The Labute approximate surface area is 178 Å². The largest absolute Gasteiger partial charge is 0.472 e. The number of rotatable bonds is 4. The fourth-order valence-electron chi connectivity index (χ4n) is 4.43. The van der Waals surface area contributed by atoms with E-state index in [1.807, 2.05) is 0 Å². The highest BCUT2D eigenvalue weighted by Gasteiger charge is 2.42. The quantitative estimate of drug-likeness (QED) is 0.739. The number of hydrogen-bond donors (Lipinski definition) is 0. The molecule has 6 nitrogen and oxygen atoms in total. The first-order valence-corrected chi connectivity index (χ1v) is 10.6. The SMILES string of the molecule is O=C1[C@H]2C[C@H](Oc3cnc(C4CC4)cn3)CN2CCCN1c1cccc(C(F)(F)F)c1. The molecule has 1 saturated carbocycles. The summed E-state index contributed by atoms with van der Waals surface area (Å²) in [6.07, 6.45) is 2.18. The van der Waals surface area contributed by atoms with Crippen LogP contribution in [0.2, 0.25) is 0 Å². The van der Waals surface area contributed by atoms with Crippen molar-refractivity contribution in [2.24, 2.45) is 0 Å². The molecule has 3 fully saturated rings. The second kappa shape index (κ2) is 7.78. The van der Waals surface area contributed by atoms with Crippen LogP contribution in [0.3, 0.4) is 0 Å². The van der Waals surface area contributed by atoms with Crippen LogP contribution in [-0.2, 0) is 11.0 Å². The zero-order valence-corrected chi connectivity index (χ0v) is 16.9. The van der Waals surface area contributed by atoms with E-state index in [9.17, 15) is 18.0 Å². The Morgan fingerprint density at radius 1 is 1.10 bits per heavy atom. The molecule has 0 N–H and O–H groups in total. The van der Waals surface area contributed by atoms with Crippen molar-refractivity contribution in [3.63, 3.8) is 0 Å². The normalized spacial score (nSPS) is 24.7. The molecule has 2 atom stereocenters. The zero-order chi connectivity index (χ0) is 21.6. The standard InChI is InChI=1S/C22H23F3N4O2/c23-22(24,25)15-3-1-4-16(9-15)29-8-2-7-28-13-17(10-19(28)21(29)30)31-20-12-26-18(11-27-20)14-5-6-14/h1,3-4,9,11-12,14,17,19H,2,5-8,10,13H2/t17-,19+/m0/s1. The van der Waals surface area contributed by atoms with Crippen LogP contribution in [0.4, 0.5) is 18.9 Å². The molecule has 1 amide bonds. The third-order valence-electron chi connectivity index (χ3n) is 6.16. The van der Waals surface area contributed by atoms with Crippen LogP contribution < -0.4 is 9.64 Å². The third kappa shape index (κ3) is 4.23. The maximum absolute atomic E-state index is 13.2. The summed E-state index contributed by atoms with van der Waals surface area (Å²) in [7, 11) is 0. The number of benzene rings is 1. The molecule has 2 saturated heterocycles. The molecule has 5 rings (SSSR count). The van der Waals surface area contributed by atoms with Gasteiger partial charge in [-0.25, -0.2) is 4.98 Å². The molecule has 31 heavy (non-hydrogen) atoms. The number of halogens is 3. The molecule has 1 aromatic carbocycles. The average Bonchev–Trinajstić information content (AvgIpc) is 3.54. The molecule has 3 heterocycles. The highest BCUT2D eigenvalue weighted by molar-refractivity contribution is 5.97. The summed E-state index contributed by atoms with van der Waals surface area (Å²) in [5.74, 6) is 0.776. The van der Waals surface area contributed by atoms with E-state index in [0.29, 0.717) is 44.3 Å². The topological polar surface area (TPSA) is 58.6 Å². The number of carbonyl (C=O) groups is 1. The fraction of sp³-hybridized carbons (Fsp3) is 0.500. The van der Waals surface area contributed by atoms with Crippen LogP contribution in [0.15, 0.2) is 36.7 Å². The number of amides is 1. The lowest BCUT2D eigenvalue weighted by Gasteiger charge is -2.25. The number of fused-ring (bicyclic) bond motifs is 1. The molecule has 164 valence electrons. The van der Waals surface area contributed by atoms with Gasteiger partial charge in [0.15, 0.2) is 0 Å². The minimum atomic E-state index is -4.45. The van der Waals surface area contributed by atoms with Crippen LogP contribution in [0, 0.1) is 0 Å². The molecular formula is C22H23F3N4O2. The lowest BCUT2D eigenvalue weighted by Crippen LogP contribution is -2.42. The third-order valence-corrected chi connectivity index (χ3v) is 6.16. The Kier molecular flexibility index (Phi) is 5.08. The molecule has 1 aromatic heterocycles. The van der Waals surface area contributed by atoms with E-state index in [1.165, 1.54) is 11.0 Å². The van der Waals surface area contributed by atoms with Gasteiger partial charge in [0.05, 0.1) is 29.7 Å². The van der Waals surface area contributed by atoms with Crippen molar-refractivity contribution in [3.05, 3.63) is 47.9 Å². The Morgan fingerprint density at radius 2 is 1.94 bits per heavy atom. The van der Waals surface area contributed by atoms with Gasteiger partial charge in [0.1, 0.15) is 6.10 Å². The Bertz CT molecular complexity index is 962. The number of hydrogen-bond acceptors (Lipinski definition) is 5. The highest BCUT2D eigenvalue weighted by atomic mass is 19.4. The molecule has 0 bridgehead atoms. The van der Waals surface area contributed by atoms with E-state index in [1.54, 1.807) is 18.5 Å². The summed E-state index contributed by atoms with van der Waals surface area (Å²) in [5.41, 5.74) is 0.520. The van der Waals surface area contributed by atoms with Crippen molar-refractivity contribution in [2.75, 3.05) is 24.5 Å². The van der Waals surface area contributed by atoms with Crippen LogP contribution in [0.5, 0.6) is 5.88 Å². The van der Waals surface area contributed by atoms with Gasteiger partial charge in [-0.3, -0.25) is 14.7 Å². The summed E-state index contributed by atoms with van der Waals surface area (Å²) in [4.78, 5) is 25.5. The molecule has 0 radical (unpaired) electrons.